The summed E-state index contributed by atoms with van der Waals surface area (Å²) < 4.78 is 1.00. The summed E-state index contributed by atoms with van der Waals surface area (Å²) in [5.41, 5.74) is 1.99. The minimum atomic E-state index is -0.871. The van der Waals surface area contributed by atoms with Crippen LogP contribution in [0.2, 0.25) is 0 Å². The van der Waals surface area contributed by atoms with Gasteiger partial charge in [0.2, 0.25) is 0 Å². The first kappa shape index (κ1) is 9.93. The molecule has 2 rings (SSSR count). The Hall–Kier alpha value is -1.61. The first-order chi connectivity index (χ1) is 7.09. The van der Waals surface area contributed by atoms with Gasteiger partial charge < -0.3 is 5.11 Å². The third-order valence-corrected chi connectivity index (χ3v) is 3.39. The molecule has 1 aromatic heterocycles. The molecule has 0 bridgehead atoms. The van der Waals surface area contributed by atoms with Crippen molar-refractivity contribution < 1.29 is 9.90 Å². The Kier molecular flexibility index (Phi) is 2.32. The largest absolute Gasteiger partial charge is 0.477 e. The normalized spacial score (nSPS) is 10.5. The molecule has 0 unspecified atom stereocenters. The third kappa shape index (κ3) is 1.66. The Bertz CT molecular complexity index is 552. The molecule has 1 N–H and O–H groups in total. The minimum Gasteiger partial charge on any atom is -0.477 e. The highest BCUT2D eigenvalue weighted by Gasteiger charge is 2.10. The minimum absolute atomic E-state index is 0.374. The van der Waals surface area contributed by atoms with Crippen LogP contribution in [-0.2, 0) is 0 Å². The molecule has 76 valence electrons. The van der Waals surface area contributed by atoms with Crippen LogP contribution in [0, 0.1) is 0 Å². The van der Waals surface area contributed by atoms with Gasteiger partial charge in [-0.1, -0.05) is 24.8 Å². The van der Waals surface area contributed by atoms with Crippen LogP contribution in [0.5, 0.6) is 0 Å². The fraction of sp³-hybridized carbons (Fsp3) is 0.0833. The molecule has 0 radical (unpaired) electrons. The number of aromatic carboxylic acids is 1. The van der Waals surface area contributed by atoms with Crippen molar-refractivity contribution in [3.05, 3.63) is 41.3 Å². The number of hydrogen-bond acceptors (Lipinski definition) is 2. The quantitative estimate of drug-likeness (QED) is 0.835. The van der Waals surface area contributed by atoms with E-state index >= 15 is 0 Å². The summed E-state index contributed by atoms with van der Waals surface area (Å²) in [5.74, 6) is -0.871. The smallest absolute Gasteiger partial charge is 0.345 e. The van der Waals surface area contributed by atoms with Gasteiger partial charge in [-0.2, -0.15) is 0 Å². The zero-order valence-electron chi connectivity index (χ0n) is 8.28. The highest BCUT2D eigenvalue weighted by Crippen LogP contribution is 2.31. The van der Waals surface area contributed by atoms with Gasteiger partial charge in [-0.05, 0) is 29.5 Å². The SMILES string of the molecule is C=C(C)c1cccc2cc(C(=O)O)sc12. The molecule has 0 spiro atoms. The number of carboxylic acids is 1. The average Bonchev–Trinajstić information content (AvgIpc) is 2.60. The van der Waals surface area contributed by atoms with E-state index in [0.29, 0.717) is 4.88 Å². The van der Waals surface area contributed by atoms with E-state index in [1.807, 2.05) is 25.1 Å². The van der Waals surface area contributed by atoms with Crippen molar-refractivity contribution in [2.45, 2.75) is 6.92 Å². The number of carboxylic acid groups (broad SMARTS) is 1. The Balaban J connectivity index is 2.75. The lowest BCUT2D eigenvalue weighted by molar-refractivity contribution is 0.0702. The van der Waals surface area contributed by atoms with Gasteiger partial charge in [-0.25, -0.2) is 4.79 Å². The molecule has 0 aliphatic rings. The van der Waals surface area contributed by atoms with E-state index in [0.717, 1.165) is 21.2 Å². The molecule has 1 heterocycles. The van der Waals surface area contributed by atoms with Gasteiger partial charge in [-0.3, -0.25) is 0 Å². The Morgan fingerprint density at radius 3 is 2.80 bits per heavy atom. The van der Waals surface area contributed by atoms with Gasteiger partial charge >= 0.3 is 5.97 Å². The van der Waals surface area contributed by atoms with Gasteiger partial charge in [0.1, 0.15) is 4.88 Å². The van der Waals surface area contributed by atoms with Crippen LogP contribution in [-0.4, -0.2) is 11.1 Å². The van der Waals surface area contributed by atoms with E-state index in [4.69, 9.17) is 5.11 Å². The van der Waals surface area contributed by atoms with Gasteiger partial charge in [-0.15, -0.1) is 11.3 Å². The van der Waals surface area contributed by atoms with Crippen molar-refractivity contribution in [2.24, 2.45) is 0 Å². The zero-order valence-corrected chi connectivity index (χ0v) is 9.10. The molecule has 1 aromatic carbocycles. The number of rotatable bonds is 2. The van der Waals surface area contributed by atoms with Crippen molar-refractivity contribution >= 4 is 33.0 Å². The fourth-order valence-corrected chi connectivity index (χ4v) is 2.59. The number of carbonyl (C=O) groups is 1. The van der Waals surface area contributed by atoms with E-state index in [1.165, 1.54) is 11.3 Å². The molecular formula is C12H10O2S. The number of allylic oxidation sites excluding steroid dienone is 1. The summed E-state index contributed by atoms with van der Waals surface area (Å²) >= 11 is 1.30. The van der Waals surface area contributed by atoms with Crippen LogP contribution in [0.1, 0.15) is 22.2 Å². The van der Waals surface area contributed by atoms with Crippen LogP contribution in [0.15, 0.2) is 30.8 Å². The Morgan fingerprint density at radius 1 is 1.47 bits per heavy atom. The molecule has 0 fully saturated rings. The number of benzene rings is 1. The van der Waals surface area contributed by atoms with Gasteiger partial charge in [0.05, 0.1) is 0 Å². The third-order valence-electron chi connectivity index (χ3n) is 2.21. The second kappa shape index (κ2) is 3.51. The molecule has 2 nitrogen and oxygen atoms in total. The van der Waals surface area contributed by atoms with E-state index in [1.54, 1.807) is 6.07 Å². The van der Waals surface area contributed by atoms with Crippen LogP contribution in [0.3, 0.4) is 0 Å². The van der Waals surface area contributed by atoms with Crippen LogP contribution in [0.4, 0.5) is 0 Å². The van der Waals surface area contributed by atoms with Gasteiger partial charge in [0.25, 0.3) is 0 Å². The maximum Gasteiger partial charge on any atom is 0.345 e. The Labute approximate surface area is 91.5 Å². The molecule has 0 aliphatic heterocycles. The fourth-order valence-electron chi connectivity index (χ4n) is 1.50. The van der Waals surface area contributed by atoms with E-state index in [9.17, 15) is 4.79 Å². The van der Waals surface area contributed by atoms with Crippen LogP contribution in [0.25, 0.3) is 15.7 Å². The summed E-state index contributed by atoms with van der Waals surface area (Å²) in [5, 5.41) is 9.87. The summed E-state index contributed by atoms with van der Waals surface area (Å²) in [7, 11) is 0. The molecule has 0 saturated heterocycles. The highest BCUT2D eigenvalue weighted by atomic mass is 32.1. The molecule has 0 amide bonds. The summed E-state index contributed by atoms with van der Waals surface area (Å²) in [6.07, 6.45) is 0. The summed E-state index contributed by atoms with van der Waals surface area (Å²) in [6.45, 7) is 5.81. The average molecular weight is 218 g/mol. The molecule has 0 saturated carbocycles. The topological polar surface area (TPSA) is 37.3 Å². The lowest BCUT2D eigenvalue weighted by Gasteiger charge is -1.99. The van der Waals surface area contributed by atoms with Crippen LogP contribution >= 0.6 is 11.3 Å². The van der Waals surface area contributed by atoms with E-state index in [2.05, 4.69) is 6.58 Å². The first-order valence-electron chi connectivity index (χ1n) is 4.51. The molecular weight excluding hydrogens is 208 g/mol. The van der Waals surface area contributed by atoms with Crippen LogP contribution < -0.4 is 0 Å². The monoisotopic (exact) mass is 218 g/mol. The van der Waals surface area contributed by atoms with Crippen molar-refractivity contribution in [2.75, 3.05) is 0 Å². The Morgan fingerprint density at radius 2 is 2.20 bits per heavy atom. The highest BCUT2D eigenvalue weighted by molar-refractivity contribution is 7.21. The van der Waals surface area contributed by atoms with Crippen molar-refractivity contribution in [1.82, 2.24) is 0 Å². The van der Waals surface area contributed by atoms with Crippen molar-refractivity contribution in [3.63, 3.8) is 0 Å². The summed E-state index contributed by atoms with van der Waals surface area (Å²) in [6, 6.07) is 7.51. The zero-order chi connectivity index (χ0) is 11.0. The van der Waals surface area contributed by atoms with Gasteiger partial charge in [0, 0.05) is 4.70 Å². The second-order valence-electron chi connectivity index (χ2n) is 3.42. The van der Waals surface area contributed by atoms with E-state index < -0.39 is 5.97 Å². The predicted octanol–water partition coefficient (Wildman–Crippen LogP) is 3.63. The molecule has 3 heteroatoms. The standard InChI is InChI=1S/C12H10O2S/c1-7(2)9-5-3-4-8-6-10(12(13)14)15-11(8)9/h3-6H,1H2,2H3,(H,13,14). The number of fused-ring (bicyclic) bond motifs is 1. The lowest BCUT2D eigenvalue weighted by Crippen LogP contribution is -1.89. The van der Waals surface area contributed by atoms with Crippen molar-refractivity contribution in [3.8, 4) is 0 Å². The second-order valence-corrected chi connectivity index (χ2v) is 4.47. The lowest BCUT2D eigenvalue weighted by atomic mass is 10.1. The first-order valence-corrected chi connectivity index (χ1v) is 5.33. The predicted molar refractivity (Wildman–Crippen MR) is 63.5 cm³/mol. The molecule has 15 heavy (non-hydrogen) atoms. The van der Waals surface area contributed by atoms with Crippen molar-refractivity contribution in [1.29, 1.82) is 0 Å². The maximum atomic E-state index is 10.8. The number of hydrogen-bond donors (Lipinski definition) is 1. The van der Waals surface area contributed by atoms with E-state index in [-0.39, 0.29) is 0 Å². The number of thiophene rings is 1. The molecule has 0 aliphatic carbocycles. The molecule has 0 atom stereocenters. The maximum absolute atomic E-state index is 10.8. The van der Waals surface area contributed by atoms with Gasteiger partial charge in [0.15, 0.2) is 0 Å². The summed E-state index contributed by atoms with van der Waals surface area (Å²) in [4.78, 5) is 11.2. The molecule has 2 aromatic rings.